The number of nitrogens with zero attached hydrogens (tertiary/aromatic N) is 3. The van der Waals surface area contributed by atoms with Gasteiger partial charge >= 0.3 is 18.1 Å². The van der Waals surface area contributed by atoms with Crippen LogP contribution >= 0.6 is 0 Å². The molecule has 3 aromatic rings. The van der Waals surface area contributed by atoms with Crippen molar-refractivity contribution in [3.8, 4) is 0 Å². The number of piperidine rings is 2. The van der Waals surface area contributed by atoms with Crippen molar-refractivity contribution in [2.75, 3.05) is 32.7 Å². The van der Waals surface area contributed by atoms with Crippen LogP contribution in [0.1, 0.15) is 48.4 Å². The van der Waals surface area contributed by atoms with Crippen molar-refractivity contribution in [2.24, 2.45) is 5.92 Å². The van der Waals surface area contributed by atoms with Gasteiger partial charge in [0.15, 0.2) is 0 Å². The summed E-state index contributed by atoms with van der Waals surface area (Å²) in [5, 5.41) is 9.45. The molecule has 0 unspecified atom stereocenters. The lowest BCUT2D eigenvalue weighted by Crippen LogP contribution is -2.39. The van der Waals surface area contributed by atoms with E-state index in [1.807, 2.05) is 4.68 Å². The molecule has 2 aliphatic heterocycles. The number of carbonyl (C=O) groups excluding carboxylic acids is 2. The van der Waals surface area contributed by atoms with Crippen molar-refractivity contribution in [2.45, 2.75) is 50.7 Å². The first-order valence-electron chi connectivity index (χ1n) is 14.3. The molecule has 0 saturated carbocycles. The first-order chi connectivity index (χ1) is 20.2. The van der Waals surface area contributed by atoms with E-state index in [0.29, 0.717) is 44.8 Å². The third kappa shape index (κ3) is 7.63. The maximum atomic E-state index is 13.4. The minimum atomic E-state index is -5.21. The Morgan fingerprint density at radius 3 is 2.43 bits per heavy atom. The number of halogens is 4. The highest BCUT2D eigenvalue weighted by Crippen LogP contribution is 2.33. The molecule has 0 amide bonds. The lowest BCUT2D eigenvalue weighted by atomic mass is 9.91. The predicted octanol–water partition coefficient (Wildman–Crippen LogP) is 5.24. The largest absolute Gasteiger partial charge is 0.491 e. The Morgan fingerprint density at radius 2 is 1.74 bits per heavy atom. The van der Waals surface area contributed by atoms with Crippen LogP contribution in [0, 0.1) is 11.7 Å². The van der Waals surface area contributed by atoms with E-state index in [9.17, 15) is 27.2 Å². The maximum Gasteiger partial charge on any atom is 0.491 e. The number of benzene rings is 2. The molecule has 0 bridgehead atoms. The number of nitrogens with one attached hydrogen (secondary N) is 1. The summed E-state index contributed by atoms with van der Waals surface area (Å²) in [5.41, 5.74) is 4.06. The highest BCUT2D eigenvalue weighted by atomic mass is 19.4. The number of rotatable bonds is 8. The highest BCUT2D eigenvalue weighted by Gasteiger charge is 2.42. The standard InChI is InChI=1S/C31H34F4N4O3/c32-25-6-3-21(4-7-25)11-18-39-27-19-23(2-1-22-9-14-36-15-10-22)5-8-26(27)29(37-39)24-12-16-38(17-13-24)20-28(40)42-30(41)31(33,34)35/h1-8,19,22,24,36H,9-18,20H2. The van der Waals surface area contributed by atoms with Crippen LogP contribution < -0.4 is 5.32 Å². The van der Waals surface area contributed by atoms with Gasteiger partial charge in [-0.15, -0.1) is 0 Å². The van der Waals surface area contributed by atoms with Gasteiger partial charge in [-0.3, -0.25) is 14.4 Å². The van der Waals surface area contributed by atoms with Gasteiger partial charge in [0.1, 0.15) is 5.82 Å². The monoisotopic (exact) mass is 586 g/mol. The summed E-state index contributed by atoms with van der Waals surface area (Å²) in [6.07, 6.45) is 3.48. The Bertz CT molecular complexity index is 1420. The summed E-state index contributed by atoms with van der Waals surface area (Å²) in [7, 11) is 0. The average Bonchev–Trinajstić information content (AvgIpc) is 3.34. The molecule has 224 valence electrons. The zero-order valence-electron chi connectivity index (χ0n) is 23.2. The van der Waals surface area contributed by atoms with Crippen molar-refractivity contribution in [1.29, 1.82) is 0 Å². The molecular weight excluding hydrogens is 552 g/mol. The van der Waals surface area contributed by atoms with E-state index in [2.05, 4.69) is 40.4 Å². The van der Waals surface area contributed by atoms with Gasteiger partial charge in [-0.05, 0) is 93.5 Å². The Kier molecular flexibility index (Phi) is 9.37. The summed E-state index contributed by atoms with van der Waals surface area (Å²) in [5.74, 6) is -3.33. The topological polar surface area (TPSA) is 76.5 Å². The van der Waals surface area contributed by atoms with Crippen LogP contribution in [0.4, 0.5) is 17.6 Å². The number of aryl methyl sites for hydroxylation is 2. The number of ether oxygens (including phenoxy) is 1. The molecule has 2 fully saturated rings. The third-order valence-corrected chi connectivity index (χ3v) is 8.04. The average molecular weight is 587 g/mol. The third-order valence-electron chi connectivity index (χ3n) is 8.04. The zero-order valence-corrected chi connectivity index (χ0v) is 23.2. The number of allylic oxidation sites excluding steroid dienone is 1. The van der Waals surface area contributed by atoms with E-state index in [4.69, 9.17) is 5.10 Å². The molecule has 2 saturated heterocycles. The second-order valence-electron chi connectivity index (χ2n) is 11.0. The number of alkyl halides is 3. The maximum absolute atomic E-state index is 13.4. The lowest BCUT2D eigenvalue weighted by Gasteiger charge is -2.30. The molecule has 0 radical (unpaired) electrons. The van der Waals surface area contributed by atoms with E-state index in [-0.39, 0.29) is 18.3 Å². The van der Waals surface area contributed by atoms with Crippen molar-refractivity contribution in [1.82, 2.24) is 20.0 Å². The number of fused-ring (bicyclic) bond motifs is 1. The van der Waals surface area contributed by atoms with Crippen LogP contribution in [0.25, 0.3) is 17.0 Å². The second-order valence-corrected chi connectivity index (χ2v) is 11.0. The second kappa shape index (κ2) is 13.2. The van der Waals surface area contributed by atoms with Gasteiger partial charge in [-0.2, -0.15) is 18.3 Å². The molecule has 2 aromatic carbocycles. The van der Waals surface area contributed by atoms with Gasteiger partial charge in [0.05, 0.1) is 17.8 Å². The molecular formula is C31H34F4N4O3. The van der Waals surface area contributed by atoms with E-state index >= 15 is 0 Å². The molecule has 0 atom stereocenters. The Balaban J connectivity index is 1.30. The quantitative estimate of drug-likeness (QED) is 0.221. The SMILES string of the molecule is O=C(CN1CCC(c2nn(CCc3ccc(F)cc3)c3cc(C=CC4CCNCC4)ccc23)CC1)OC(=O)C(F)(F)F. The van der Waals surface area contributed by atoms with Gasteiger partial charge in [-0.1, -0.05) is 36.4 Å². The summed E-state index contributed by atoms with van der Waals surface area (Å²) >= 11 is 0. The van der Waals surface area contributed by atoms with Crippen LogP contribution in [-0.4, -0.2) is 65.5 Å². The van der Waals surface area contributed by atoms with E-state index in [1.54, 1.807) is 17.0 Å². The molecule has 0 aliphatic carbocycles. The number of hydrogen-bond donors (Lipinski definition) is 1. The number of likely N-dealkylation sites (tertiary alicyclic amines) is 1. The van der Waals surface area contributed by atoms with Crippen LogP contribution in [-0.2, 0) is 27.3 Å². The van der Waals surface area contributed by atoms with Crippen LogP contribution in [0.5, 0.6) is 0 Å². The molecule has 7 nitrogen and oxygen atoms in total. The van der Waals surface area contributed by atoms with Gasteiger partial charge < -0.3 is 10.1 Å². The number of esters is 2. The van der Waals surface area contributed by atoms with E-state index in [1.165, 1.54) is 12.1 Å². The van der Waals surface area contributed by atoms with Crippen LogP contribution in [0.15, 0.2) is 48.5 Å². The van der Waals surface area contributed by atoms with Crippen LogP contribution in [0.3, 0.4) is 0 Å². The Labute approximate surface area is 241 Å². The Morgan fingerprint density at radius 1 is 1.02 bits per heavy atom. The molecule has 42 heavy (non-hydrogen) atoms. The smallest absolute Gasteiger partial charge is 0.385 e. The van der Waals surface area contributed by atoms with Crippen molar-refractivity contribution < 1.29 is 31.9 Å². The van der Waals surface area contributed by atoms with Crippen LogP contribution in [0.2, 0.25) is 0 Å². The fourth-order valence-electron chi connectivity index (χ4n) is 5.70. The van der Waals surface area contributed by atoms with Crippen molar-refractivity contribution >= 4 is 28.9 Å². The van der Waals surface area contributed by atoms with Gasteiger partial charge in [0.25, 0.3) is 0 Å². The molecule has 3 heterocycles. The van der Waals surface area contributed by atoms with Gasteiger partial charge in [0.2, 0.25) is 0 Å². The first kappa shape index (κ1) is 29.9. The summed E-state index contributed by atoms with van der Waals surface area (Å²) in [4.78, 5) is 24.5. The summed E-state index contributed by atoms with van der Waals surface area (Å²) in [6.45, 7) is 3.20. The van der Waals surface area contributed by atoms with E-state index < -0.39 is 18.1 Å². The minimum absolute atomic E-state index is 0.0970. The minimum Gasteiger partial charge on any atom is -0.385 e. The molecule has 2 aliphatic rings. The Hall–Kier alpha value is -3.57. The number of carbonyl (C=O) groups is 2. The first-order valence-corrected chi connectivity index (χ1v) is 14.3. The number of aromatic nitrogens is 2. The molecule has 1 N–H and O–H groups in total. The fourth-order valence-corrected chi connectivity index (χ4v) is 5.70. The van der Waals surface area contributed by atoms with Crippen molar-refractivity contribution in [3.63, 3.8) is 0 Å². The predicted molar refractivity (Wildman–Crippen MR) is 150 cm³/mol. The normalized spacial score (nSPS) is 17.7. The molecule has 11 heteroatoms. The highest BCUT2D eigenvalue weighted by molar-refractivity contribution is 5.89. The molecule has 0 spiro atoms. The fraction of sp³-hybridized carbons (Fsp3) is 0.452. The van der Waals surface area contributed by atoms with E-state index in [0.717, 1.165) is 53.7 Å². The molecule has 5 rings (SSSR count). The summed E-state index contributed by atoms with van der Waals surface area (Å²) < 4.78 is 56.6. The van der Waals surface area contributed by atoms with Gasteiger partial charge in [-0.25, -0.2) is 9.18 Å². The van der Waals surface area contributed by atoms with Crippen molar-refractivity contribution in [3.05, 3.63) is 71.2 Å². The lowest BCUT2D eigenvalue weighted by molar-refractivity contribution is -0.202. The zero-order chi connectivity index (χ0) is 29.7. The molecule has 1 aromatic heterocycles. The summed E-state index contributed by atoms with van der Waals surface area (Å²) in [6, 6.07) is 12.8. The van der Waals surface area contributed by atoms with Gasteiger partial charge in [0, 0.05) is 17.8 Å². The number of hydrogen-bond acceptors (Lipinski definition) is 6.